The van der Waals surface area contributed by atoms with E-state index in [1.807, 2.05) is 6.92 Å². The first-order valence-electron chi connectivity index (χ1n) is 7.97. The van der Waals surface area contributed by atoms with Crippen LogP contribution in [0.5, 0.6) is 0 Å². The monoisotopic (exact) mass is 286 g/mol. The van der Waals surface area contributed by atoms with Crippen molar-refractivity contribution >= 4 is 5.91 Å². The van der Waals surface area contributed by atoms with E-state index in [9.17, 15) is 4.79 Å². The van der Waals surface area contributed by atoms with Gasteiger partial charge in [0.05, 0.1) is 6.04 Å². The average molecular weight is 286 g/mol. The molecule has 1 N–H and O–H groups in total. The lowest BCUT2D eigenvalue weighted by molar-refractivity contribution is -0.130. The lowest BCUT2D eigenvalue weighted by Gasteiger charge is -2.26. The van der Waals surface area contributed by atoms with Gasteiger partial charge in [-0.2, -0.15) is 0 Å². The van der Waals surface area contributed by atoms with Crippen LogP contribution in [0.25, 0.3) is 0 Å². The summed E-state index contributed by atoms with van der Waals surface area (Å²) in [5.74, 6) is 0.881. The minimum atomic E-state index is -0.0786. The lowest BCUT2D eigenvalue weighted by atomic mass is 9.86. The van der Waals surface area contributed by atoms with Gasteiger partial charge < -0.3 is 4.90 Å². The topological polar surface area (TPSA) is 32.3 Å². The molecule has 114 valence electrons. The molecule has 3 rings (SSSR count). The second-order valence-corrected chi connectivity index (χ2v) is 7.69. The van der Waals surface area contributed by atoms with E-state index in [0.717, 1.165) is 6.42 Å². The molecule has 2 aliphatic rings. The van der Waals surface area contributed by atoms with Crippen molar-refractivity contribution in [1.29, 1.82) is 0 Å². The number of nitrogens with zero attached hydrogens (tertiary/aromatic N) is 1. The Bertz CT molecular complexity index is 543. The average Bonchev–Trinajstić information content (AvgIpc) is 3.05. The number of amides is 1. The highest BCUT2D eigenvalue weighted by atomic mass is 16.2. The van der Waals surface area contributed by atoms with Crippen molar-refractivity contribution in [3.8, 4) is 0 Å². The Morgan fingerprint density at radius 1 is 1.14 bits per heavy atom. The fourth-order valence-electron chi connectivity index (χ4n) is 3.21. The molecular weight excluding hydrogens is 260 g/mol. The minimum absolute atomic E-state index is 0.0384. The summed E-state index contributed by atoms with van der Waals surface area (Å²) in [6, 6.07) is 9.07. The predicted molar refractivity (Wildman–Crippen MR) is 84.9 cm³/mol. The number of hydrogen-bond donors (Lipinski definition) is 1. The van der Waals surface area contributed by atoms with E-state index in [4.69, 9.17) is 0 Å². The minimum Gasteiger partial charge on any atom is -0.318 e. The van der Waals surface area contributed by atoms with Crippen LogP contribution in [-0.4, -0.2) is 22.9 Å². The second-order valence-electron chi connectivity index (χ2n) is 7.69. The van der Waals surface area contributed by atoms with Gasteiger partial charge in [-0.25, -0.2) is 0 Å². The summed E-state index contributed by atoms with van der Waals surface area (Å²) in [6.45, 7) is 10.9. The second kappa shape index (κ2) is 4.84. The molecule has 1 amide bonds. The zero-order chi connectivity index (χ0) is 15.4. The van der Waals surface area contributed by atoms with E-state index in [1.165, 1.54) is 11.1 Å². The molecule has 4 unspecified atom stereocenters. The zero-order valence-electron chi connectivity index (χ0n) is 13.7. The van der Waals surface area contributed by atoms with Gasteiger partial charge in [0.2, 0.25) is 5.91 Å². The molecule has 1 saturated carbocycles. The van der Waals surface area contributed by atoms with Gasteiger partial charge in [-0.3, -0.25) is 10.1 Å². The van der Waals surface area contributed by atoms with Crippen molar-refractivity contribution in [2.45, 2.75) is 64.7 Å². The van der Waals surface area contributed by atoms with E-state index >= 15 is 0 Å². The molecule has 0 aromatic heterocycles. The standard InChI is InChI=1S/C18H26N2O/c1-11-10-15(11)20-16(19-12(2)17(20)21)13-6-8-14(9-7-13)18(3,4)5/h6-9,11-12,15-16,19H,10H2,1-5H3. The van der Waals surface area contributed by atoms with Gasteiger partial charge >= 0.3 is 0 Å². The largest absolute Gasteiger partial charge is 0.318 e. The SMILES string of the molecule is CC1NC(c2ccc(C(C)(C)C)cc2)N(C2CC2C)C1=O. The van der Waals surface area contributed by atoms with E-state index in [0.29, 0.717) is 12.0 Å². The van der Waals surface area contributed by atoms with Crippen molar-refractivity contribution in [2.24, 2.45) is 5.92 Å². The molecule has 21 heavy (non-hydrogen) atoms. The van der Waals surface area contributed by atoms with Crippen LogP contribution >= 0.6 is 0 Å². The summed E-state index contributed by atoms with van der Waals surface area (Å²) < 4.78 is 0. The molecule has 1 aliphatic heterocycles. The van der Waals surface area contributed by atoms with E-state index in [-0.39, 0.29) is 23.5 Å². The molecule has 3 heteroatoms. The van der Waals surface area contributed by atoms with Gasteiger partial charge in [0.1, 0.15) is 6.17 Å². The third kappa shape index (κ3) is 2.59. The molecular formula is C18H26N2O. The Hall–Kier alpha value is -1.35. The highest BCUT2D eigenvalue weighted by molar-refractivity contribution is 5.84. The van der Waals surface area contributed by atoms with E-state index in [1.54, 1.807) is 0 Å². The van der Waals surface area contributed by atoms with Gasteiger partial charge in [-0.05, 0) is 35.8 Å². The van der Waals surface area contributed by atoms with Crippen molar-refractivity contribution in [1.82, 2.24) is 10.2 Å². The Morgan fingerprint density at radius 2 is 1.71 bits per heavy atom. The van der Waals surface area contributed by atoms with Crippen molar-refractivity contribution in [3.05, 3.63) is 35.4 Å². The summed E-state index contributed by atoms with van der Waals surface area (Å²) in [5.41, 5.74) is 2.69. The Labute approximate surface area is 127 Å². The molecule has 2 fully saturated rings. The van der Waals surface area contributed by atoms with Gasteiger partial charge in [0.25, 0.3) is 0 Å². The van der Waals surface area contributed by atoms with Crippen molar-refractivity contribution in [2.75, 3.05) is 0 Å². The molecule has 0 radical (unpaired) electrons. The molecule has 1 aromatic carbocycles. The maximum Gasteiger partial charge on any atom is 0.241 e. The number of carbonyl (C=O) groups excluding carboxylic acids is 1. The van der Waals surface area contributed by atoms with Crippen LogP contribution in [0, 0.1) is 5.92 Å². The van der Waals surface area contributed by atoms with Gasteiger partial charge in [0, 0.05) is 6.04 Å². The molecule has 1 heterocycles. The molecule has 1 saturated heterocycles. The van der Waals surface area contributed by atoms with Crippen LogP contribution in [-0.2, 0) is 10.2 Å². The molecule has 4 atom stereocenters. The van der Waals surface area contributed by atoms with Gasteiger partial charge in [-0.15, -0.1) is 0 Å². The van der Waals surface area contributed by atoms with E-state index < -0.39 is 0 Å². The summed E-state index contributed by atoms with van der Waals surface area (Å²) in [7, 11) is 0. The summed E-state index contributed by atoms with van der Waals surface area (Å²) in [4.78, 5) is 14.5. The summed E-state index contributed by atoms with van der Waals surface area (Å²) in [6.07, 6.45) is 1.17. The third-order valence-corrected chi connectivity index (χ3v) is 4.83. The third-order valence-electron chi connectivity index (χ3n) is 4.83. The number of benzene rings is 1. The van der Waals surface area contributed by atoms with E-state index in [2.05, 4.69) is 62.2 Å². The first kappa shape index (κ1) is 14.6. The van der Waals surface area contributed by atoms with Crippen molar-refractivity contribution in [3.63, 3.8) is 0 Å². The van der Waals surface area contributed by atoms with Crippen LogP contribution in [0.1, 0.15) is 58.3 Å². The highest BCUT2D eigenvalue weighted by Gasteiger charge is 2.49. The smallest absolute Gasteiger partial charge is 0.241 e. The van der Waals surface area contributed by atoms with Crippen LogP contribution in [0.2, 0.25) is 0 Å². The molecule has 1 aliphatic carbocycles. The highest BCUT2D eigenvalue weighted by Crippen LogP contribution is 2.42. The zero-order valence-corrected chi connectivity index (χ0v) is 13.7. The molecule has 0 bridgehead atoms. The van der Waals surface area contributed by atoms with Crippen LogP contribution in [0.3, 0.4) is 0 Å². The first-order valence-corrected chi connectivity index (χ1v) is 7.97. The number of carbonyl (C=O) groups is 1. The van der Waals surface area contributed by atoms with Crippen LogP contribution < -0.4 is 5.32 Å². The van der Waals surface area contributed by atoms with Crippen molar-refractivity contribution < 1.29 is 4.79 Å². The number of hydrogen-bond acceptors (Lipinski definition) is 2. The number of nitrogens with one attached hydrogen (secondary N) is 1. The Kier molecular flexibility index (Phi) is 3.36. The molecule has 1 aromatic rings. The van der Waals surface area contributed by atoms with Gasteiger partial charge in [-0.1, -0.05) is 52.0 Å². The first-order chi connectivity index (χ1) is 9.79. The molecule has 3 nitrogen and oxygen atoms in total. The maximum absolute atomic E-state index is 12.4. The number of rotatable bonds is 2. The summed E-state index contributed by atoms with van der Waals surface area (Å²) >= 11 is 0. The predicted octanol–water partition coefficient (Wildman–Crippen LogP) is 3.21. The Balaban J connectivity index is 1.86. The quantitative estimate of drug-likeness (QED) is 0.905. The van der Waals surface area contributed by atoms with Gasteiger partial charge in [0.15, 0.2) is 0 Å². The fraction of sp³-hybridized carbons (Fsp3) is 0.611. The molecule has 0 spiro atoms. The lowest BCUT2D eigenvalue weighted by Crippen LogP contribution is -2.33. The summed E-state index contributed by atoms with van der Waals surface area (Å²) in [5, 5.41) is 3.45. The van der Waals surface area contributed by atoms with Crippen LogP contribution in [0.15, 0.2) is 24.3 Å². The van der Waals surface area contributed by atoms with Crippen LogP contribution in [0.4, 0.5) is 0 Å². The normalized spacial score (nSPS) is 32.6. The maximum atomic E-state index is 12.4. The Morgan fingerprint density at radius 3 is 2.19 bits per heavy atom. The fourth-order valence-corrected chi connectivity index (χ4v) is 3.21.